The number of hydrogen-bond acceptors (Lipinski definition) is 7. The molecule has 4 aromatic rings. The summed E-state index contributed by atoms with van der Waals surface area (Å²) in [6.07, 6.45) is 3.11. The number of nitrogens with zero attached hydrogens (tertiary/aromatic N) is 5. The van der Waals surface area contributed by atoms with Gasteiger partial charge in [0.15, 0.2) is 5.82 Å². The second-order valence-corrected chi connectivity index (χ2v) is 10.4. The fraction of sp³-hybridized carbons (Fsp3) is 0.464. The summed E-state index contributed by atoms with van der Waals surface area (Å²) in [4.78, 5) is 25.1. The minimum absolute atomic E-state index is 0.0359. The first kappa shape index (κ1) is 24.7. The number of methoxy groups -OCH3 is 3. The normalized spacial score (nSPS) is 19.9. The molecule has 2 N–H and O–H groups in total. The minimum Gasteiger partial charge on any atom is -0.494 e. The highest BCUT2D eigenvalue weighted by Crippen LogP contribution is 2.38. The van der Waals surface area contributed by atoms with E-state index in [1.807, 2.05) is 29.8 Å². The molecule has 0 spiro atoms. The van der Waals surface area contributed by atoms with Gasteiger partial charge in [-0.15, -0.1) is 0 Å². The number of likely N-dealkylation sites (tertiary alicyclic amines) is 1. The van der Waals surface area contributed by atoms with E-state index in [9.17, 15) is 4.79 Å². The van der Waals surface area contributed by atoms with Gasteiger partial charge in [0.05, 0.1) is 31.5 Å². The van der Waals surface area contributed by atoms with Gasteiger partial charge in [-0.3, -0.25) is 4.79 Å². The molecule has 1 saturated carbocycles. The van der Waals surface area contributed by atoms with Gasteiger partial charge in [-0.05, 0) is 49.4 Å². The Morgan fingerprint density at radius 1 is 1.08 bits per heavy atom. The molecule has 38 heavy (non-hydrogen) atoms. The van der Waals surface area contributed by atoms with Crippen LogP contribution in [0.4, 0.5) is 0 Å². The summed E-state index contributed by atoms with van der Waals surface area (Å²) < 4.78 is 20.9. The van der Waals surface area contributed by atoms with Crippen LogP contribution in [0.3, 0.4) is 0 Å². The summed E-state index contributed by atoms with van der Waals surface area (Å²) in [6, 6.07) is 9.48. The Hall–Kier alpha value is -3.63. The quantitative estimate of drug-likeness (QED) is 0.400. The first-order valence-corrected chi connectivity index (χ1v) is 13.1. The third-order valence-electron chi connectivity index (χ3n) is 7.88. The topological polar surface area (TPSA) is 110 Å². The van der Waals surface area contributed by atoms with E-state index in [1.165, 1.54) is 12.8 Å². The third kappa shape index (κ3) is 4.17. The van der Waals surface area contributed by atoms with Crippen molar-refractivity contribution in [2.75, 3.05) is 34.4 Å². The number of fused-ring (bicyclic) bond motifs is 2. The van der Waals surface area contributed by atoms with Gasteiger partial charge in [0.1, 0.15) is 16.9 Å². The first-order chi connectivity index (χ1) is 18.4. The van der Waals surface area contributed by atoms with Gasteiger partial charge in [-0.25, -0.2) is 4.98 Å². The molecule has 0 unspecified atom stereocenters. The van der Waals surface area contributed by atoms with E-state index in [1.54, 1.807) is 32.3 Å². The number of carbonyl (C=O) groups is 1. The van der Waals surface area contributed by atoms with E-state index < -0.39 is 0 Å². The first-order valence-electron chi connectivity index (χ1n) is 13.1. The molecule has 1 aliphatic heterocycles. The maximum Gasteiger partial charge on any atom is 0.254 e. The van der Waals surface area contributed by atoms with Crippen LogP contribution in [0.2, 0.25) is 0 Å². The molecule has 1 aliphatic carbocycles. The molecular formula is C28H34N6O4. The molecule has 2 fully saturated rings. The van der Waals surface area contributed by atoms with Crippen LogP contribution in [-0.2, 0) is 18.3 Å². The number of imidazole rings is 1. The van der Waals surface area contributed by atoms with Crippen molar-refractivity contribution in [2.24, 2.45) is 18.7 Å². The summed E-state index contributed by atoms with van der Waals surface area (Å²) in [5.41, 5.74) is 10.2. The minimum atomic E-state index is -0.217. The number of piperidine rings is 1. The van der Waals surface area contributed by atoms with Crippen molar-refractivity contribution in [2.45, 2.75) is 38.0 Å². The molecule has 2 atom stereocenters. The van der Waals surface area contributed by atoms with Gasteiger partial charge < -0.3 is 34.0 Å². The molecule has 1 saturated heterocycles. The maximum absolute atomic E-state index is 13.5. The lowest BCUT2D eigenvalue weighted by Crippen LogP contribution is -2.53. The molecule has 1 aromatic carbocycles. The van der Waals surface area contributed by atoms with Gasteiger partial charge >= 0.3 is 0 Å². The average Bonchev–Trinajstić information content (AvgIpc) is 3.61. The highest BCUT2D eigenvalue weighted by atomic mass is 16.5. The lowest BCUT2D eigenvalue weighted by molar-refractivity contribution is 0.0227. The van der Waals surface area contributed by atoms with E-state index in [0.29, 0.717) is 48.1 Å². The monoisotopic (exact) mass is 518 g/mol. The Labute approximate surface area is 221 Å². The number of pyridine rings is 1. The van der Waals surface area contributed by atoms with Crippen LogP contribution in [0.1, 0.15) is 29.6 Å². The van der Waals surface area contributed by atoms with Crippen LogP contribution in [0, 0.1) is 5.92 Å². The smallest absolute Gasteiger partial charge is 0.254 e. The number of hydrogen-bond donors (Lipinski definition) is 1. The van der Waals surface area contributed by atoms with E-state index in [2.05, 4.69) is 10.6 Å². The van der Waals surface area contributed by atoms with Crippen molar-refractivity contribution in [1.82, 2.24) is 24.0 Å². The number of carbonyl (C=O) groups excluding carboxylic acids is 1. The Bertz CT molecular complexity index is 1520. The summed E-state index contributed by atoms with van der Waals surface area (Å²) in [6.45, 7) is 1.92. The largest absolute Gasteiger partial charge is 0.494 e. The summed E-state index contributed by atoms with van der Waals surface area (Å²) in [5.74, 6) is 2.54. The Kier molecular flexibility index (Phi) is 6.23. The van der Waals surface area contributed by atoms with E-state index in [4.69, 9.17) is 29.9 Å². The number of aryl methyl sites for hydroxylation is 1. The van der Waals surface area contributed by atoms with Crippen LogP contribution < -0.4 is 15.2 Å². The molecular weight excluding hydrogens is 484 g/mol. The molecule has 3 aromatic heterocycles. The highest BCUT2D eigenvalue weighted by Gasteiger charge is 2.31. The predicted molar refractivity (Wildman–Crippen MR) is 145 cm³/mol. The number of ether oxygens (including phenoxy) is 3. The second kappa shape index (κ2) is 9.59. The SMILES string of the molecule is COc1ccc2cc(-c3nc4cc(C(=O)N5CC[C@H](OC)[C@H](N)C5)cc(OC)c4n3C)n(CC3CC3)c2n1. The van der Waals surface area contributed by atoms with Crippen LogP contribution in [-0.4, -0.2) is 76.5 Å². The standard InChI is InChI=1S/C28H34N6O4/c1-32-25-20(11-18(13-23(25)37-3)28(35)33-10-9-22(36-2)19(29)15-33)30-27(32)21-12-17-7-8-24(38-4)31-26(17)34(21)14-16-5-6-16/h7-8,11-13,16,19,22H,5-6,9-10,14-15,29H2,1-4H3/t19-,22+/m1/s1. The van der Waals surface area contributed by atoms with Crippen molar-refractivity contribution in [3.63, 3.8) is 0 Å². The van der Waals surface area contributed by atoms with Crippen LogP contribution in [0.5, 0.6) is 11.6 Å². The van der Waals surface area contributed by atoms with Gasteiger partial charge in [0, 0.05) is 56.8 Å². The lowest BCUT2D eigenvalue weighted by Gasteiger charge is -2.36. The van der Waals surface area contributed by atoms with Crippen molar-refractivity contribution >= 4 is 28.0 Å². The molecule has 200 valence electrons. The van der Waals surface area contributed by atoms with Crippen molar-refractivity contribution in [1.29, 1.82) is 0 Å². The molecule has 10 heteroatoms. The van der Waals surface area contributed by atoms with Gasteiger partial charge in [0.25, 0.3) is 5.91 Å². The molecule has 2 aliphatic rings. The molecule has 0 bridgehead atoms. The average molecular weight is 519 g/mol. The molecule has 1 amide bonds. The van der Waals surface area contributed by atoms with Gasteiger partial charge in [0.2, 0.25) is 5.88 Å². The zero-order valence-corrected chi connectivity index (χ0v) is 22.3. The number of benzene rings is 1. The second-order valence-electron chi connectivity index (χ2n) is 10.4. The highest BCUT2D eigenvalue weighted by molar-refractivity contribution is 6.00. The summed E-state index contributed by atoms with van der Waals surface area (Å²) in [5, 5.41) is 1.03. The summed E-state index contributed by atoms with van der Waals surface area (Å²) in [7, 11) is 6.90. The number of aromatic nitrogens is 4. The summed E-state index contributed by atoms with van der Waals surface area (Å²) >= 11 is 0. The Morgan fingerprint density at radius 2 is 1.89 bits per heavy atom. The van der Waals surface area contributed by atoms with Crippen molar-refractivity contribution in [3.05, 3.63) is 35.9 Å². The van der Waals surface area contributed by atoms with Gasteiger partial charge in [-0.2, -0.15) is 4.98 Å². The number of rotatable bonds is 7. The lowest BCUT2D eigenvalue weighted by atomic mass is 10.0. The van der Waals surface area contributed by atoms with E-state index in [-0.39, 0.29) is 18.1 Å². The fourth-order valence-electron chi connectivity index (χ4n) is 5.59. The zero-order valence-electron chi connectivity index (χ0n) is 22.3. The van der Waals surface area contributed by atoms with E-state index >= 15 is 0 Å². The third-order valence-corrected chi connectivity index (χ3v) is 7.88. The fourth-order valence-corrected chi connectivity index (χ4v) is 5.59. The zero-order chi connectivity index (χ0) is 26.6. The molecule has 6 rings (SSSR count). The molecule has 0 radical (unpaired) electrons. The molecule has 10 nitrogen and oxygen atoms in total. The Morgan fingerprint density at radius 3 is 2.58 bits per heavy atom. The van der Waals surface area contributed by atoms with Crippen LogP contribution >= 0.6 is 0 Å². The van der Waals surface area contributed by atoms with Gasteiger partial charge in [-0.1, -0.05) is 0 Å². The number of nitrogens with two attached hydrogens (primary N) is 1. The van der Waals surface area contributed by atoms with Crippen molar-refractivity contribution < 1.29 is 19.0 Å². The number of amides is 1. The van der Waals surface area contributed by atoms with E-state index in [0.717, 1.165) is 34.6 Å². The van der Waals surface area contributed by atoms with Crippen molar-refractivity contribution in [3.8, 4) is 23.1 Å². The predicted octanol–water partition coefficient (Wildman–Crippen LogP) is 3.21. The Balaban J connectivity index is 1.43. The molecule has 4 heterocycles. The van der Waals surface area contributed by atoms with Crippen LogP contribution in [0.25, 0.3) is 33.6 Å². The van der Waals surface area contributed by atoms with Crippen LogP contribution in [0.15, 0.2) is 30.3 Å². The maximum atomic E-state index is 13.5.